The lowest BCUT2D eigenvalue weighted by Crippen LogP contribution is -2.15. The molecule has 2 rings (SSSR count). The predicted molar refractivity (Wildman–Crippen MR) is 64.1 cm³/mol. The van der Waals surface area contributed by atoms with Gasteiger partial charge < -0.3 is 4.52 Å². The third-order valence-electron chi connectivity index (χ3n) is 3.00. The van der Waals surface area contributed by atoms with E-state index in [4.69, 9.17) is 9.05 Å². The monoisotopic (exact) mass is 240 g/mol. The van der Waals surface area contributed by atoms with Crippen LogP contribution in [0, 0.1) is 6.92 Å². The van der Waals surface area contributed by atoms with Gasteiger partial charge >= 0.3 is 7.60 Å². The highest BCUT2D eigenvalue weighted by atomic mass is 31.2. The molecule has 0 bridgehead atoms. The maximum absolute atomic E-state index is 12.6. The first-order valence-electron chi connectivity index (χ1n) is 5.46. The van der Waals surface area contributed by atoms with Gasteiger partial charge in [-0.3, -0.25) is 4.52 Å². The Hall–Kier alpha value is -0.790. The van der Waals surface area contributed by atoms with Crippen molar-refractivity contribution in [3.05, 3.63) is 29.3 Å². The maximum Gasteiger partial charge on any atom is 0.389 e. The smallest absolute Gasteiger partial charge is 0.389 e. The summed E-state index contributed by atoms with van der Waals surface area (Å²) in [6.45, 7) is 8.06. The molecule has 0 aliphatic carbocycles. The van der Waals surface area contributed by atoms with Crippen molar-refractivity contribution in [3.8, 4) is 5.75 Å². The average molecular weight is 240 g/mol. The summed E-state index contributed by atoms with van der Waals surface area (Å²) in [6, 6.07) is 5.84. The van der Waals surface area contributed by atoms with Crippen LogP contribution in [0.3, 0.4) is 0 Å². The van der Waals surface area contributed by atoms with Crippen LogP contribution in [0.5, 0.6) is 5.75 Å². The van der Waals surface area contributed by atoms with E-state index in [0.717, 1.165) is 11.1 Å². The predicted octanol–water partition coefficient (Wildman–Crippen LogP) is 3.85. The lowest BCUT2D eigenvalue weighted by Gasteiger charge is -2.24. The fraction of sp³-hybridized carbons (Fsp3) is 0.500. The summed E-state index contributed by atoms with van der Waals surface area (Å²) in [7, 11) is -3.07. The van der Waals surface area contributed by atoms with Crippen LogP contribution in [0.2, 0.25) is 0 Å². The molecule has 1 unspecified atom stereocenters. The molecule has 1 aromatic rings. The van der Waals surface area contributed by atoms with E-state index in [1.165, 1.54) is 0 Å². The number of hydrogen-bond acceptors (Lipinski definition) is 3. The molecule has 0 spiro atoms. The third-order valence-corrected chi connectivity index (χ3v) is 5.64. The van der Waals surface area contributed by atoms with E-state index < -0.39 is 12.8 Å². The first kappa shape index (κ1) is 11.7. The van der Waals surface area contributed by atoms with Gasteiger partial charge in [-0.15, -0.1) is 0 Å². The van der Waals surface area contributed by atoms with Gasteiger partial charge in [-0.05, 0) is 33.8 Å². The molecular formula is C12H17O3P. The molecule has 0 radical (unpaired) electrons. The first-order valence-corrected chi connectivity index (χ1v) is 7.00. The zero-order chi connectivity index (χ0) is 12.0. The molecule has 0 amide bonds. The van der Waals surface area contributed by atoms with Gasteiger partial charge in [0.1, 0.15) is 10.9 Å². The van der Waals surface area contributed by atoms with E-state index in [2.05, 4.69) is 0 Å². The van der Waals surface area contributed by atoms with Crippen molar-refractivity contribution < 1.29 is 13.6 Å². The van der Waals surface area contributed by atoms with Crippen LogP contribution in [0.1, 0.15) is 31.9 Å². The Kier molecular flexibility index (Phi) is 2.64. The second kappa shape index (κ2) is 3.61. The van der Waals surface area contributed by atoms with Crippen molar-refractivity contribution in [1.29, 1.82) is 0 Å². The fourth-order valence-corrected chi connectivity index (χ4v) is 3.78. The molecule has 1 aliphatic heterocycles. The van der Waals surface area contributed by atoms with Crippen molar-refractivity contribution in [1.82, 2.24) is 0 Å². The van der Waals surface area contributed by atoms with E-state index in [0.29, 0.717) is 12.4 Å². The minimum Gasteiger partial charge on any atom is -0.423 e. The van der Waals surface area contributed by atoms with E-state index in [-0.39, 0.29) is 0 Å². The van der Waals surface area contributed by atoms with Crippen molar-refractivity contribution in [2.24, 2.45) is 0 Å². The number of benzene rings is 1. The zero-order valence-corrected chi connectivity index (χ0v) is 11.0. The van der Waals surface area contributed by atoms with Gasteiger partial charge in [-0.2, -0.15) is 0 Å². The summed E-state index contributed by atoms with van der Waals surface area (Å²) in [5.74, 6) is 0.687. The van der Waals surface area contributed by atoms with Gasteiger partial charge in [-0.25, -0.2) is 4.57 Å². The number of hydrogen-bond donors (Lipinski definition) is 0. The number of rotatable bonds is 2. The van der Waals surface area contributed by atoms with Crippen molar-refractivity contribution >= 4 is 7.60 Å². The second-order valence-corrected chi connectivity index (χ2v) is 7.12. The van der Waals surface area contributed by atoms with Gasteiger partial charge in [-0.1, -0.05) is 17.7 Å². The van der Waals surface area contributed by atoms with Gasteiger partial charge in [0.2, 0.25) is 0 Å². The molecule has 88 valence electrons. The van der Waals surface area contributed by atoms with Crippen LogP contribution in [0.4, 0.5) is 0 Å². The molecule has 3 nitrogen and oxygen atoms in total. The van der Waals surface area contributed by atoms with Crippen molar-refractivity contribution in [2.75, 3.05) is 6.61 Å². The number of fused-ring (bicyclic) bond motifs is 1. The van der Waals surface area contributed by atoms with E-state index >= 15 is 0 Å². The summed E-state index contributed by atoms with van der Waals surface area (Å²) < 4.78 is 23.5. The Bertz CT molecular complexity index is 465. The zero-order valence-electron chi connectivity index (χ0n) is 10.1. The average Bonchev–Trinajstić information content (AvgIpc) is 2.38. The Labute approximate surface area is 96.3 Å². The molecule has 0 fully saturated rings. The summed E-state index contributed by atoms with van der Waals surface area (Å²) in [5, 5.41) is -0.565. The lowest BCUT2D eigenvalue weighted by atomic mass is 9.99. The van der Waals surface area contributed by atoms with Crippen molar-refractivity contribution in [3.63, 3.8) is 0 Å². The van der Waals surface area contributed by atoms with E-state index in [1.54, 1.807) is 0 Å². The summed E-state index contributed by atoms with van der Waals surface area (Å²) in [5.41, 5.74) is 2.12. The van der Waals surface area contributed by atoms with E-state index in [1.807, 2.05) is 45.9 Å². The topological polar surface area (TPSA) is 35.5 Å². The molecule has 1 aromatic carbocycles. The summed E-state index contributed by atoms with van der Waals surface area (Å²) in [6.07, 6.45) is 0. The van der Waals surface area contributed by atoms with Crippen LogP contribution in [0.25, 0.3) is 0 Å². The van der Waals surface area contributed by atoms with Crippen molar-refractivity contribution in [2.45, 2.75) is 32.9 Å². The SMILES string of the molecule is CCOP1(=O)Oc2ccc(C)cc2C1(C)C. The highest BCUT2D eigenvalue weighted by Gasteiger charge is 2.53. The normalized spacial score (nSPS) is 26.2. The van der Waals surface area contributed by atoms with Crippen LogP contribution < -0.4 is 4.52 Å². The third kappa shape index (κ3) is 1.50. The Morgan fingerprint density at radius 1 is 1.44 bits per heavy atom. The first-order chi connectivity index (χ1) is 7.40. The molecule has 0 aromatic heterocycles. The number of aryl methyl sites for hydroxylation is 1. The largest absolute Gasteiger partial charge is 0.423 e. The lowest BCUT2D eigenvalue weighted by molar-refractivity contribution is 0.270. The Balaban J connectivity index is 2.54. The quantitative estimate of drug-likeness (QED) is 0.736. The molecule has 1 heterocycles. The standard InChI is InChI=1S/C12H17O3P/c1-5-14-16(13)12(3,4)10-8-9(2)6-7-11(10)15-16/h6-8H,5H2,1-4H3. The van der Waals surface area contributed by atoms with Crippen LogP contribution in [-0.4, -0.2) is 6.61 Å². The molecule has 4 heteroatoms. The molecule has 0 N–H and O–H groups in total. The van der Waals surface area contributed by atoms with E-state index in [9.17, 15) is 4.57 Å². The Morgan fingerprint density at radius 2 is 2.12 bits per heavy atom. The highest BCUT2D eigenvalue weighted by Crippen LogP contribution is 2.70. The summed E-state index contributed by atoms with van der Waals surface area (Å²) in [4.78, 5) is 0. The van der Waals surface area contributed by atoms with Gasteiger partial charge in [0.15, 0.2) is 0 Å². The highest BCUT2D eigenvalue weighted by molar-refractivity contribution is 7.56. The molecular weight excluding hydrogens is 223 g/mol. The minimum absolute atomic E-state index is 0.397. The molecule has 0 saturated heterocycles. The van der Waals surface area contributed by atoms with Crippen LogP contribution in [0.15, 0.2) is 18.2 Å². The van der Waals surface area contributed by atoms with Crippen LogP contribution in [-0.2, 0) is 14.2 Å². The second-order valence-electron chi connectivity index (χ2n) is 4.57. The molecule has 1 atom stereocenters. The maximum atomic E-state index is 12.6. The van der Waals surface area contributed by atoms with Gasteiger partial charge in [0.25, 0.3) is 0 Å². The summed E-state index contributed by atoms with van der Waals surface area (Å²) >= 11 is 0. The minimum atomic E-state index is -3.07. The molecule has 1 aliphatic rings. The fourth-order valence-electron chi connectivity index (χ4n) is 1.95. The molecule has 16 heavy (non-hydrogen) atoms. The Morgan fingerprint density at radius 3 is 2.75 bits per heavy atom. The van der Waals surface area contributed by atoms with Gasteiger partial charge in [0.05, 0.1) is 6.61 Å². The molecule has 0 saturated carbocycles. The van der Waals surface area contributed by atoms with Gasteiger partial charge in [0, 0.05) is 5.56 Å². The van der Waals surface area contributed by atoms with Crippen LogP contribution >= 0.6 is 7.60 Å².